The summed E-state index contributed by atoms with van der Waals surface area (Å²) in [5.41, 5.74) is 0.128. The Labute approximate surface area is 140 Å². The Kier molecular flexibility index (Phi) is 5.17. The molecule has 2 rings (SSSR count). The summed E-state index contributed by atoms with van der Waals surface area (Å²) >= 11 is 0. The average molecular weight is 318 g/mol. The highest BCUT2D eigenvalue weighted by molar-refractivity contribution is 5.78. The number of amides is 1. The van der Waals surface area contributed by atoms with Gasteiger partial charge in [0.2, 0.25) is 5.91 Å². The van der Waals surface area contributed by atoms with Crippen molar-refractivity contribution in [2.45, 2.75) is 77.5 Å². The lowest BCUT2D eigenvalue weighted by molar-refractivity contribution is -0.240. The lowest BCUT2D eigenvalue weighted by Crippen LogP contribution is -2.61. The molecule has 3 atom stereocenters. The maximum absolute atomic E-state index is 12.9. The number of carbonyl (C=O) groups is 1. The van der Waals surface area contributed by atoms with Gasteiger partial charge < -0.3 is 10.1 Å². The van der Waals surface area contributed by atoms with Crippen molar-refractivity contribution in [3.8, 4) is 0 Å². The van der Waals surface area contributed by atoms with E-state index in [0.29, 0.717) is 13.0 Å². The molecule has 4 nitrogen and oxygen atoms in total. The molecule has 4 heteroatoms. The summed E-state index contributed by atoms with van der Waals surface area (Å²) in [6, 6.07) is 10.00. The van der Waals surface area contributed by atoms with Gasteiger partial charge in [-0.15, -0.1) is 0 Å². The molecule has 1 saturated heterocycles. The first-order chi connectivity index (χ1) is 10.8. The zero-order chi connectivity index (χ0) is 17.3. The molecule has 1 fully saturated rings. The molecule has 0 aromatic heterocycles. The van der Waals surface area contributed by atoms with Crippen LogP contribution in [-0.2, 0) is 11.3 Å². The topological polar surface area (TPSA) is 43.8 Å². The summed E-state index contributed by atoms with van der Waals surface area (Å²) in [6.07, 6.45) is 1.85. The van der Waals surface area contributed by atoms with E-state index in [4.69, 9.17) is 0 Å². The van der Waals surface area contributed by atoms with Crippen LogP contribution in [0.3, 0.4) is 0 Å². The largest absolute Gasteiger partial charge is 0.334 e. The Bertz CT molecular complexity index is 548. The third kappa shape index (κ3) is 3.15. The van der Waals surface area contributed by atoms with Crippen LogP contribution in [0.1, 0.15) is 59.4 Å². The van der Waals surface area contributed by atoms with Crippen LogP contribution in [0.2, 0.25) is 0 Å². The van der Waals surface area contributed by atoms with E-state index < -0.39 is 11.1 Å². The van der Waals surface area contributed by atoms with Crippen LogP contribution in [0.4, 0.5) is 0 Å². The van der Waals surface area contributed by atoms with Gasteiger partial charge in [0.05, 0.1) is 11.1 Å². The third-order valence-electron chi connectivity index (χ3n) is 5.89. The summed E-state index contributed by atoms with van der Waals surface area (Å²) in [6.45, 7) is 10.8. The molecule has 1 aliphatic heterocycles. The average Bonchev–Trinajstić information content (AvgIpc) is 2.62. The molecule has 23 heavy (non-hydrogen) atoms. The summed E-state index contributed by atoms with van der Waals surface area (Å²) in [5.74, 6) is 0.113. The summed E-state index contributed by atoms with van der Waals surface area (Å²) < 4.78 is 0. The molecule has 1 aromatic rings. The Balaban J connectivity index is 2.41. The van der Waals surface area contributed by atoms with Crippen molar-refractivity contribution in [2.75, 3.05) is 0 Å². The van der Waals surface area contributed by atoms with E-state index in [0.717, 1.165) is 18.4 Å². The summed E-state index contributed by atoms with van der Waals surface area (Å²) in [7, 11) is 0. The predicted molar refractivity (Wildman–Crippen MR) is 92.1 cm³/mol. The fourth-order valence-electron chi connectivity index (χ4n) is 3.57. The number of hydroxylamine groups is 2. The van der Waals surface area contributed by atoms with Crippen LogP contribution in [0.5, 0.6) is 0 Å². The maximum Gasteiger partial charge on any atom is 0.225 e. The second-order valence-electron chi connectivity index (χ2n) is 7.23. The normalized spacial score (nSPS) is 32.9. The van der Waals surface area contributed by atoms with E-state index in [2.05, 4.69) is 20.8 Å². The van der Waals surface area contributed by atoms with Crippen molar-refractivity contribution in [2.24, 2.45) is 0 Å². The molecule has 1 amide bonds. The zero-order valence-corrected chi connectivity index (χ0v) is 15.0. The SMILES string of the molecule is CCC1(C)CC(=O)N(Cc2ccccc2)C(C)C(C)(CC)N1O. The van der Waals surface area contributed by atoms with Crippen LogP contribution < -0.4 is 0 Å². The molecule has 0 spiro atoms. The number of rotatable bonds is 4. The number of hydrogen-bond acceptors (Lipinski definition) is 3. The minimum Gasteiger partial charge on any atom is -0.334 e. The van der Waals surface area contributed by atoms with Crippen LogP contribution in [-0.4, -0.2) is 38.2 Å². The first-order valence-electron chi connectivity index (χ1n) is 8.61. The monoisotopic (exact) mass is 318 g/mol. The number of carbonyl (C=O) groups excluding carboxylic acids is 1. The van der Waals surface area contributed by atoms with Crippen LogP contribution in [0.15, 0.2) is 30.3 Å². The second-order valence-corrected chi connectivity index (χ2v) is 7.23. The number of hydrogen-bond donors (Lipinski definition) is 1. The molecule has 1 N–H and O–H groups in total. The molecule has 1 aliphatic rings. The quantitative estimate of drug-likeness (QED) is 0.917. The van der Waals surface area contributed by atoms with Crippen molar-refractivity contribution in [3.63, 3.8) is 0 Å². The van der Waals surface area contributed by atoms with Gasteiger partial charge in [0.15, 0.2) is 0 Å². The molecule has 128 valence electrons. The van der Waals surface area contributed by atoms with Gasteiger partial charge in [0.1, 0.15) is 0 Å². The van der Waals surface area contributed by atoms with Crippen molar-refractivity contribution in [3.05, 3.63) is 35.9 Å². The van der Waals surface area contributed by atoms with Crippen molar-refractivity contribution in [1.29, 1.82) is 0 Å². The lowest BCUT2D eigenvalue weighted by Gasteiger charge is -2.48. The Morgan fingerprint density at radius 1 is 1.17 bits per heavy atom. The van der Waals surface area contributed by atoms with Gasteiger partial charge in [0, 0.05) is 19.0 Å². The predicted octanol–water partition coefficient (Wildman–Crippen LogP) is 3.84. The molecule has 3 unspecified atom stereocenters. The van der Waals surface area contributed by atoms with Gasteiger partial charge in [-0.3, -0.25) is 4.79 Å². The first-order valence-corrected chi connectivity index (χ1v) is 8.61. The van der Waals surface area contributed by atoms with E-state index in [-0.39, 0.29) is 11.9 Å². The van der Waals surface area contributed by atoms with Gasteiger partial charge in [0.25, 0.3) is 0 Å². The molecule has 0 bridgehead atoms. The molecular formula is C19H30N2O2. The van der Waals surface area contributed by atoms with E-state index in [9.17, 15) is 10.0 Å². The highest BCUT2D eigenvalue weighted by atomic mass is 16.5. The Morgan fingerprint density at radius 3 is 2.30 bits per heavy atom. The standard InChI is InChI=1S/C19H30N2O2/c1-6-18(4)13-17(22)20(14-16-11-9-8-10-12-16)15(3)19(5,7-2)21(18)23/h8-12,15,23H,6-7,13-14H2,1-5H3. The van der Waals surface area contributed by atoms with Gasteiger partial charge in [-0.1, -0.05) is 44.2 Å². The fourth-order valence-corrected chi connectivity index (χ4v) is 3.57. The van der Waals surface area contributed by atoms with Crippen molar-refractivity contribution < 1.29 is 10.0 Å². The van der Waals surface area contributed by atoms with E-state index in [1.165, 1.54) is 5.06 Å². The summed E-state index contributed by atoms with van der Waals surface area (Å²) in [5, 5.41) is 12.4. The zero-order valence-electron chi connectivity index (χ0n) is 15.0. The highest BCUT2D eigenvalue weighted by Crippen LogP contribution is 2.39. The Morgan fingerprint density at radius 2 is 1.78 bits per heavy atom. The van der Waals surface area contributed by atoms with Crippen LogP contribution in [0.25, 0.3) is 0 Å². The molecule has 0 radical (unpaired) electrons. The number of nitrogens with zero attached hydrogens (tertiary/aromatic N) is 2. The molecule has 1 aromatic carbocycles. The maximum atomic E-state index is 12.9. The van der Waals surface area contributed by atoms with E-state index in [1.54, 1.807) is 0 Å². The number of benzene rings is 1. The van der Waals surface area contributed by atoms with E-state index >= 15 is 0 Å². The first kappa shape index (κ1) is 18.0. The van der Waals surface area contributed by atoms with Gasteiger partial charge in [-0.25, -0.2) is 0 Å². The van der Waals surface area contributed by atoms with Gasteiger partial charge >= 0.3 is 0 Å². The Hall–Kier alpha value is -1.39. The van der Waals surface area contributed by atoms with Crippen molar-refractivity contribution in [1.82, 2.24) is 9.96 Å². The van der Waals surface area contributed by atoms with Gasteiger partial charge in [-0.05, 0) is 39.2 Å². The third-order valence-corrected chi connectivity index (χ3v) is 5.89. The van der Waals surface area contributed by atoms with Gasteiger partial charge in [-0.2, -0.15) is 5.06 Å². The van der Waals surface area contributed by atoms with Crippen LogP contribution >= 0.6 is 0 Å². The molecule has 1 heterocycles. The molecule has 0 aliphatic carbocycles. The molecule has 0 saturated carbocycles. The summed E-state index contributed by atoms with van der Waals surface area (Å²) in [4.78, 5) is 14.9. The highest BCUT2D eigenvalue weighted by Gasteiger charge is 2.51. The lowest BCUT2D eigenvalue weighted by atomic mass is 9.85. The van der Waals surface area contributed by atoms with Crippen molar-refractivity contribution >= 4 is 5.91 Å². The smallest absolute Gasteiger partial charge is 0.225 e. The van der Waals surface area contributed by atoms with Crippen LogP contribution in [0, 0.1) is 0 Å². The second kappa shape index (κ2) is 6.62. The minimum absolute atomic E-state index is 0.0708. The fraction of sp³-hybridized carbons (Fsp3) is 0.632. The minimum atomic E-state index is -0.526. The molecular weight excluding hydrogens is 288 g/mol. The van der Waals surface area contributed by atoms with E-state index in [1.807, 2.05) is 49.1 Å².